The highest BCUT2D eigenvalue weighted by atomic mass is 16.2. The molecule has 96 valence electrons. The molecule has 1 atom stereocenters. The van der Waals surface area contributed by atoms with E-state index in [1.54, 1.807) is 0 Å². The first-order chi connectivity index (χ1) is 8.25. The molecule has 0 spiro atoms. The van der Waals surface area contributed by atoms with Crippen LogP contribution >= 0.6 is 0 Å². The van der Waals surface area contributed by atoms with Gasteiger partial charge >= 0.3 is 0 Å². The van der Waals surface area contributed by atoms with Gasteiger partial charge in [-0.05, 0) is 31.7 Å². The van der Waals surface area contributed by atoms with Crippen LogP contribution in [0.25, 0.3) is 0 Å². The molecule has 0 radical (unpaired) electrons. The lowest BCUT2D eigenvalue weighted by Gasteiger charge is -2.24. The van der Waals surface area contributed by atoms with E-state index in [-0.39, 0.29) is 17.9 Å². The summed E-state index contributed by atoms with van der Waals surface area (Å²) < 4.78 is 0. The van der Waals surface area contributed by atoms with Crippen molar-refractivity contribution in [1.29, 1.82) is 0 Å². The summed E-state index contributed by atoms with van der Waals surface area (Å²) >= 11 is 0. The zero-order valence-electron chi connectivity index (χ0n) is 10.3. The van der Waals surface area contributed by atoms with Crippen LogP contribution in [-0.4, -0.2) is 24.4 Å². The molecule has 1 saturated carbocycles. The van der Waals surface area contributed by atoms with Crippen LogP contribution in [0.3, 0.4) is 0 Å². The van der Waals surface area contributed by atoms with E-state index in [2.05, 4.69) is 10.6 Å². The Bertz CT molecular complexity index is 283. The summed E-state index contributed by atoms with van der Waals surface area (Å²) in [6, 6.07) is -0.157. The van der Waals surface area contributed by atoms with Crippen LogP contribution < -0.4 is 10.6 Å². The minimum Gasteiger partial charge on any atom is -0.306 e. The summed E-state index contributed by atoms with van der Waals surface area (Å²) in [5.41, 5.74) is 0. The van der Waals surface area contributed by atoms with Gasteiger partial charge in [-0.25, -0.2) is 0 Å². The number of hydrogen-bond donors (Lipinski definition) is 2. The Hall–Kier alpha value is -0.900. The van der Waals surface area contributed by atoms with Crippen LogP contribution in [0.1, 0.15) is 51.4 Å². The fourth-order valence-corrected chi connectivity index (χ4v) is 2.77. The van der Waals surface area contributed by atoms with Crippen molar-refractivity contribution < 1.29 is 9.59 Å². The second-order valence-electron chi connectivity index (χ2n) is 5.27. The van der Waals surface area contributed by atoms with E-state index in [1.165, 1.54) is 38.5 Å². The largest absolute Gasteiger partial charge is 0.306 e. The van der Waals surface area contributed by atoms with Crippen molar-refractivity contribution in [2.45, 2.75) is 57.4 Å². The third kappa shape index (κ3) is 3.80. The van der Waals surface area contributed by atoms with Crippen LogP contribution in [0.2, 0.25) is 0 Å². The standard InChI is InChI=1S/C13H22N2O2/c16-12-8-7-11(13(17)15-12)14-9-10-5-3-1-2-4-6-10/h10-11,14H,1-9H2,(H,15,16,17). The molecule has 4 nitrogen and oxygen atoms in total. The maximum absolute atomic E-state index is 11.6. The predicted octanol–water partition coefficient (Wildman–Crippen LogP) is 1.35. The number of carbonyl (C=O) groups is 2. The zero-order chi connectivity index (χ0) is 12.1. The van der Waals surface area contributed by atoms with Crippen molar-refractivity contribution in [2.24, 2.45) is 5.92 Å². The Morgan fingerprint density at radius 3 is 2.41 bits per heavy atom. The zero-order valence-corrected chi connectivity index (χ0v) is 10.3. The normalized spacial score (nSPS) is 27.6. The summed E-state index contributed by atoms with van der Waals surface area (Å²) in [4.78, 5) is 22.6. The summed E-state index contributed by atoms with van der Waals surface area (Å²) in [6.45, 7) is 0.923. The number of imide groups is 1. The van der Waals surface area contributed by atoms with E-state index in [0.29, 0.717) is 18.8 Å². The minimum atomic E-state index is -0.157. The third-order valence-electron chi connectivity index (χ3n) is 3.87. The molecule has 2 amide bonds. The van der Waals surface area contributed by atoms with Crippen molar-refractivity contribution in [2.75, 3.05) is 6.54 Å². The van der Waals surface area contributed by atoms with Crippen LogP contribution in [0.4, 0.5) is 0 Å². The Kier molecular flexibility index (Phi) is 4.54. The lowest BCUT2D eigenvalue weighted by atomic mass is 9.99. The van der Waals surface area contributed by atoms with E-state index in [0.717, 1.165) is 6.54 Å². The van der Waals surface area contributed by atoms with Crippen molar-refractivity contribution in [1.82, 2.24) is 10.6 Å². The molecular weight excluding hydrogens is 216 g/mol. The molecule has 17 heavy (non-hydrogen) atoms. The molecule has 1 aliphatic carbocycles. The Morgan fingerprint density at radius 1 is 1.06 bits per heavy atom. The molecule has 1 unspecified atom stereocenters. The monoisotopic (exact) mass is 238 g/mol. The molecule has 2 fully saturated rings. The summed E-state index contributed by atoms with van der Waals surface area (Å²) in [7, 11) is 0. The SMILES string of the molecule is O=C1CCC(NCC2CCCCCC2)C(=O)N1. The molecule has 0 aromatic rings. The molecule has 0 aromatic carbocycles. The Balaban J connectivity index is 1.73. The van der Waals surface area contributed by atoms with E-state index < -0.39 is 0 Å². The molecule has 0 aromatic heterocycles. The van der Waals surface area contributed by atoms with Gasteiger partial charge in [0.25, 0.3) is 0 Å². The summed E-state index contributed by atoms with van der Waals surface area (Å²) in [5, 5.41) is 5.71. The number of carbonyl (C=O) groups excluding carboxylic acids is 2. The van der Waals surface area contributed by atoms with Gasteiger partial charge in [-0.2, -0.15) is 0 Å². The molecule has 2 N–H and O–H groups in total. The highest BCUT2D eigenvalue weighted by Gasteiger charge is 2.26. The van der Waals surface area contributed by atoms with Gasteiger partial charge in [-0.1, -0.05) is 25.7 Å². The van der Waals surface area contributed by atoms with Gasteiger partial charge < -0.3 is 5.32 Å². The minimum absolute atomic E-state index is 0.137. The average molecular weight is 238 g/mol. The predicted molar refractivity (Wildman–Crippen MR) is 65.4 cm³/mol. The van der Waals surface area contributed by atoms with E-state index >= 15 is 0 Å². The van der Waals surface area contributed by atoms with Crippen LogP contribution in [-0.2, 0) is 9.59 Å². The average Bonchev–Trinajstić information content (AvgIpc) is 2.56. The Labute approximate surface area is 103 Å². The lowest BCUT2D eigenvalue weighted by Crippen LogP contribution is -2.51. The van der Waals surface area contributed by atoms with E-state index in [4.69, 9.17) is 0 Å². The summed E-state index contributed by atoms with van der Waals surface area (Å²) in [6.07, 6.45) is 9.03. The number of amides is 2. The molecule has 1 saturated heterocycles. The number of hydrogen-bond acceptors (Lipinski definition) is 3. The van der Waals surface area contributed by atoms with Crippen LogP contribution in [0.15, 0.2) is 0 Å². The van der Waals surface area contributed by atoms with Crippen LogP contribution in [0.5, 0.6) is 0 Å². The highest BCUT2D eigenvalue weighted by molar-refractivity contribution is 6.00. The molecule has 0 bridgehead atoms. The van der Waals surface area contributed by atoms with Crippen molar-refractivity contribution in [3.63, 3.8) is 0 Å². The van der Waals surface area contributed by atoms with Gasteiger partial charge in [0.2, 0.25) is 11.8 Å². The Morgan fingerprint density at radius 2 is 1.76 bits per heavy atom. The molecule has 1 heterocycles. The number of nitrogens with one attached hydrogen (secondary N) is 2. The van der Waals surface area contributed by atoms with Crippen molar-refractivity contribution in [3.8, 4) is 0 Å². The van der Waals surface area contributed by atoms with Crippen LogP contribution in [0, 0.1) is 5.92 Å². The van der Waals surface area contributed by atoms with Crippen molar-refractivity contribution in [3.05, 3.63) is 0 Å². The quantitative estimate of drug-likeness (QED) is 0.576. The lowest BCUT2D eigenvalue weighted by molar-refractivity contribution is -0.134. The highest BCUT2D eigenvalue weighted by Crippen LogP contribution is 2.22. The first kappa shape index (κ1) is 12.6. The fraction of sp³-hybridized carbons (Fsp3) is 0.846. The third-order valence-corrected chi connectivity index (χ3v) is 3.87. The fourth-order valence-electron chi connectivity index (χ4n) is 2.77. The molecular formula is C13H22N2O2. The second-order valence-corrected chi connectivity index (χ2v) is 5.27. The maximum Gasteiger partial charge on any atom is 0.243 e. The summed E-state index contributed by atoms with van der Waals surface area (Å²) in [5.74, 6) is 0.431. The number of piperidine rings is 1. The topological polar surface area (TPSA) is 58.2 Å². The van der Waals surface area contributed by atoms with E-state index in [1.807, 2.05) is 0 Å². The second kappa shape index (κ2) is 6.15. The van der Waals surface area contributed by atoms with Gasteiger partial charge in [0.1, 0.15) is 0 Å². The first-order valence-corrected chi connectivity index (χ1v) is 6.83. The molecule has 1 aliphatic heterocycles. The first-order valence-electron chi connectivity index (χ1n) is 6.83. The van der Waals surface area contributed by atoms with Gasteiger partial charge in [-0.15, -0.1) is 0 Å². The van der Waals surface area contributed by atoms with Gasteiger partial charge in [0.05, 0.1) is 6.04 Å². The van der Waals surface area contributed by atoms with Gasteiger partial charge in [0, 0.05) is 6.42 Å². The maximum atomic E-state index is 11.6. The molecule has 4 heteroatoms. The van der Waals surface area contributed by atoms with Crippen molar-refractivity contribution >= 4 is 11.8 Å². The smallest absolute Gasteiger partial charge is 0.243 e. The molecule has 2 aliphatic rings. The van der Waals surface area contributed by atoms with E-state index in [9.17, 15) is 9.59 Å². The number of rotatable bonds is 3. The van der Waals surface area contributed by atoms with Gasteiger partial charge in [-0.3, -0.25) is 14.9 Å². The molecule has 2 rings (SSSR count). The van der Waals surface area contributed by atoms with Gasteiger partial charge in [0.15, 0.2) is 0 Å².